The van der Waals surface area contributed by atoms with Crippen LogP contribution in [-0.2, 0) is 16.0 Å². The molecule has 1 heterocycles. The fourth-order valence-electron chi connectivity index (χ4n) is 1.97. The number of nitrogens with one attached hydrogen (secondary N) is 1. The second-order valence-electron chi connectivity index (χ2n) is 6.38. The summed E-state index contributed by atoms with van der Waals surface area (Å²) in [4.78, 5) is 29.2. The van der Waals surface area contributed by atoms with Gasteiger partial charge in [0.05, 0.1) is 6.33 Å². The van der Waals surface area contributed by atoms with Gasteiger partial charge in [-0.1, -0.05) is 0 Å². The number of amides is 2. The Morgan fingerprint density at radius 3 is 2.59 bits per heavy atom. The molecule has 1 unspecified atom stereocenters. The zero-order valence-corrected chi connectivity index (χ0v) is 14.2. The lowest BCUT2D eigenvalue weighted by molar-refractivity contribution is -0.131. The molecule has 0 radical (unpaired) electrons. The highest BCUT2D eigenvalue weighted by Crippen LogP contribution is 2.12. The minimum absolute atomic E-state index is 0.000600. The SMILES string of the molecule is CC(C(=O)N(C)C)n1cncc1CCNC(=O)OC(C)(C)C. The van der Waals surface area contributed by atoms with Gasteiger partial charge in [-0.2, -0.15) is 0 Å². The van der Waals surface area contributed by atoms with Gasteiger partial charge in [-0.25, -0.2) is 9.78 Å². The maximum atomic E-state index is 12.0. The van der Waals surface area contributed by atoms with Crippen molar-refractivity contribution < 1.29 is 14.3 Å². The molecule has 1 atom stereocenters. The maximum absolute atomic E-state index is 12.0. The van der Waals surface area contributed by atoms with E-state index in [4.69, 9.17) is 4.74 Å². The van der Waals surface area contributed by atoms with Crippen molar-refractivity contribution in [2.75, 3.05) is 20.6 Å². The van der Waals surface area contributed by atoms with Crippen molar-refractivity contribution in [2.24, 2.45) is 0 Å². The Labute approximate surface area is 131 Å². The Morgan fingerprint density at radius 2 is 2.05 bits per heavy atom. The number of rotatable bonds is 5. The number of alkyl carbamates (subject to hydrolysis) is 1. The van der Waals surface area contributed by atoms with Crippen molar-refractivity contribution in [1.29, 1.82) is 0 Å². The lowest BCUT2D eigenvalue weighted by Gasteiger charge is -2.21. The first kappa shape index (κ1) is 18.0. The third-order valence-corrected chi connectivity index (χ3v) is 3.01. The number of ether oxygens (including phenoxy) is 1. The fraction of sp³-hybridized carbons (Fsp3) is 0.667. The average Bonchev–Trinajstić information content (AvgIpc) is 2.83. The summed E-state index contributed by atoms with van der Waals surface area (Å²) >= 11 is 0. The van der Waals surface area contributed by atoms with Crippen LogP contribution in [0.4, 0.5) is 4.79 Å². The predicted molar refractivity (Wildman–Crippen MR) is 83.6 cm³/mol. The first-order chi connectivity index (χ1) is 10.1. The van der Waals surface area contributed by atoms with E-state index in [1.165, 1.54) is 0 Å². The standard InChI is InChI=1S/C15H26N4O3/c1-11(13(20)18(5)6)19-10-16-9-12(19)7-8-17-14(21)22-15(2,3)4/h9-11H,7-8H2,1-6H3,(H,17,21). The second-order valence-corrected chi connectivity index (χ2v) is 6.38. The topological polar surface area (TPSA) is 76.5 Å². The van der Waals surface area contributed by atoms with E-state index in [-0.39, 0.29) is 11.9 Å². The molecule has 0 aliphatic rings. The van der Waals surface area contributed by atoms with Crippen LogP contribution in [0.25, 0.3) is 0 Å². The van der Waals surface area contributed by atoms with E-state index < -0.39 is 11.7 Å². The molecule has 0 bridgehead atoms. The van der Waals surface area contributed by atoms with E-state index in [1.54, 1.807) is 31.5 Å². The van der Waals surface area contributed by atoms with Crippen molar-refractivity contribution >= 4 is 12.0 Å². The van der Waals surface area contributed by atoms with E-state index in [9.17, 15) is 9.59 Å². The number of carbonyl (C=O) groups excluding carboxylic acids is 2. The van der Waals surface area contributed by atoms with Crippen molar-refractivity contribution in [3.8, 4) is 0 Å². The van der Waals surface area contributed by atoms with E-state index in [2.05, 4.69) is 10.3 Å². The lowest BCUT2D eigenvalue weighted by atomic mass is 10.2. The average molecular weight is 310 g/mol. The number of imidazole rings is 1. The molecule has 124 valence electrons. The lowest BCUT2D eigenvalue weighted by Crippen LogP contribution is -2.34. The third-order valence-electron chi connectivity index (χ3n) is 3.01. The zero-order valence-electron chi connectivity index (χ0n) is 14.2. The molecule has 2 amide bonds. The van der Waals surface area contributed by atoms with Gasteiger partial charge in [-0.15, -0.1) is 0 Å². The first-order valence-electron chi connectivity index (χ1n) is 7.30. The molecule has 0 fully saturated rings. The summed E-state index contributed by atoms with van der Waals surface area (Å²) in [6.45, 7) is 7.70. The van der Waals surface area contributed by atoms with Gasteiger partial charge < -0.3 is 19.5 Å². The normalized spacial score (nSPS) is 12.6. The van der Waals surface area contributed by atoms with Crippen molar-refractivity contribution in [1.82, 2.24) is 19.8 Å². The van der Waals surface area contributed by atoms with Gasteiger partial charge in [0.15, 0.2) is 0 Å². The molecule has 1 rings (SSSR count). The minimum atomic E-state index is -0.515. The van der Waals surface area contributed by atoms with Crippen LogP contribution in [0.2, 0.25) is 0 Å². The van der Waals surface area contributed by atoms with Crippen molar-refractivity contribution in [3.63, 3.8) is 0 Å². The molecule has 1 aromatic rings. The van der Waals surface area contributed by atoms with Gasteiger partial charge in [-0.05, 0) is 27.7 Å². The largest absolute Gasteiger partial charge is 0.444 e. The number of carbonyl (C=O) groups is 2. The molecular formula is C15H26N4O3. The molecular weight excluding hydrogens is 284 g/mol. The zero-order chi connectivity index (χ0) is 16.9. The van der Waals surface area contributed by atoms with Crippen LogP contribution >= 0.6 is 0 Å². The van der Waals surface area contributed by atoms with Gasteiger partial charge in [0.1, 0.15) is 11.6 Å². The summed E-state index contributed by atoms with van der Waals surface area (Å²) in [6.07, 6.45) is 3.46. The Kier molecular flexibility index (Phi) is 5.96. The summed E-state index contributed by atoms with van der Waals surface area (Å²) < 4.78 is 6.99. The molecule has 0 aromatic carbocycles. The molecule has 7 heteroatoms. The Morgan fingerprint density at radius 1 is 1.41 bits per heavy atom. The van der Waals surface area contributed by atoms with Crippen molar-refractivity contribution in [2.45, 2.75) is 45.8 Å². The fourth-order valence-corrected chi connectivity index (χ4v) is 1.97. The van der Waals surface area contributed by atoms with Crippen molar-refractivity contribution in [3.05, 3.63) is 18.2 Å². The maximum Gasteiger partial charge on any atom is 0.407 e. The first-order valence-corrected chi connectivity index (χ1v) is 7.30. The summed E-state index contributed by atoms with van der Waals surface area (Å²) in [5.74, 6) is -0.000600. The Hall–Kier alpha value is -2.05. The molecule has 0 saturated heterocycles. The monoisotopic (exact) mass is 310 g/mol. The van der Waals surface area contributed by atoms with Gasteiger partial charge in [0, 0.05) is 39.0 Å². The highest BCUT2D eigenvalue weighted by atomic mass is 16.6. The minimum Gasteiger partial charge on any atom is -0.444 e. The van der Waals surface area contributed by atoms with Crippen LogP contribution in [0.15, 0.2) is 12.5 Å². The van der Waals surface area contributed by atoms with Crippen LogP contribution < -0.4 is 5.32 Å². The summed E-state index contributed by atoms with van der Waals surface area (Å²) in [7, 11) is 3.44. The van der Waals surface area contributed by atoms with Crippen LogP contribution in [0.1, 0.15) is 39.4 Å². The third kappa shape index (κ3) is 5.38. The number of aromatic nitrogens is 2. The molecule has 0 aliphatic heterocycles. The molecule has 7 nitrogen and oxygen atoms in total. The molecule has 0 saturated carbocycles. The van der Waals surface area contributed by atoms with Crippen LogP contribution in [0.3, 0.4) is 0 Å². The Bertz CT molecular complexity index is 517. The molecule has 0 aliphatic carbocycles. The number of likely N-dealkylation sites (N-methyl/N-ethyl adjacent to an activating group) is 1. The van der Waals surface area contributed by atoms with Crippen LogP contribution in [-0.4, -0.2) is 52.7 Å². The highest BCUT2D eigenvalue weighted by Gasteiger charge is 2.19. The highest BCUT2D eigenvalue weighted by molar-refractivity contribution is 5.79. The molecule has 1 N–H and O–H groups in total. The van der Waals surface area contributed by atoms with E-state index >= 15 is 0 Å². The van der Waals surface area contributed by atoms with Gasteiger partial charge in [-0.3, -0.25) is 4.79 Å². The Balaban J connectivity index is 2.57. The second kappa shape index (κ2) is 7.29. The van der Waals surface area contributed by atoms with Crippen LogP contribution in [0, 0.1) is 0 Å². The number of nitrogens with zero attached hydrogens (tertiary/aromatic N) is 3. The molecule has 0 spiro atoms. The number of hydrogen-bond donors (Lipinski definition) is 1. The van der Waals surface area contributed by atoms with E-state index in [1.807, 2.05) is 32.3 Å². The van der Waals surface area contributed by atoms with Gasteiger partial charge in [0.25, 0.3) is 0 Å². The quantitative estimate of drug-likeness (QED) is 0.896. The van der Waals surface area contributed by atoms with E-state index in [0.29, 0.717) is 13.0 Å². The smallest absolute Gasteiger partial charge is 0.407 e. The van der Waals surface area contributed by atoms with Crippen LogP contribution in [0.5, 0.6) is 0 Å². The van der Waals surface area contributed by atoms with E-state index in [0.717, 1.165) is 5.69 Å². The summed E-state index contributed by atoms with van der Waals surface area (Å²) in [5, 5.41) is 2.70. The molecule has 1 aromatic heterocycles. The van der Waals surface area contributed by atoms with Gasteiger partial charge in [0.2, 0.25) is 5.91 Å². The van der Waals surface area contributed by atoms with Gasteiger partial charge >= 0.3 is 6.09 Å². The molecule has 22 heavy (non-hydrogen) atoms. The number of hydrogen-bond acceptors (Lipinski definition) is 4. The summed E-state index contributed by atoms with van der Waals surface area (Å²) in [6, 6.07) is -0.325. The predicted octanol–water partition coefficient (Wildman–Crippen LogP) is 1.60. The summed E-state index contributed by atoms with van der Waals surface area (Å²) in [5.41, 5.74) is 0.372.